The molecule has 0 saturated carbocycles. The third kappa shape index (κ3) is 3.31. The van der Waals surface area contributed by atoms with Crippen LogP contribution in [-0.2, 0) is 27.0 Å². The highest BCUT2D eigenvalue weighted by atomic mass is 19.4. The minimum atomic E-state index is -4.38. The summed E-state index contributed by atoms with van der Waals surface area (Å²) >= 11 is 0. The first-order valence-electron chi connectivity index (χ1n) is 10.0. The summed E-state index contributed by atoms with van der Waals surface area (Å²) in [6.45, 7) is 5.19. The number of piperidine rings is 2. The summed E-state index contributed by atoms with van der Waals surface area (Å²) in [5.41, 5.74) is -0.915. The number of nitrogens with zero attached hydrogens (tertiary/aromatic N) is 2. The molecule has 1 aromatic rings. The van der Waals surface area contributed by atoms with Gasteiger partial charge in [0, 0.05) is 25.9 Å². The van der Waals surface area contributed by atoms with Crippen LogP contribution in [0.5, 0.6) is 0 Å². The van der Waals surface area contributed by atoms with Crippen LogP contribution in [0.2, 0.25) is 0 Å². The van der Waals surface area contributed by atoms with E-state index in [1.54, 1.807) is 4.90 Å². The molecule has 158 valence electrons. The van der Waals surface area contributed by atoms with Crippen molar-refractivity contribution < 1.29 is 27.5 Å². The van der Waals surface area contributed by atoms with Crippen LogP contribution in [0.1, 0.15) is 44.2 Å². The van der Waals surface area contributed by atoms with E-state index in [-0.39, 0.29) is 30.3 Å². The van der Waals surface area contributed by atoms with Gasteiger partial charge in [-0.3, -0.25) is 9.59 Å². The van der Waals surface area contributed by atoms with Gasteiger partial charge in [0.05, 0.1) is 24.1 Å². The molecule has 3 saturated heterocycles. The fourth-order valence-electron chi connectivity index (χ4n) is 4.91. The Labute approximate surface area is 167 Å². The Balaban J connectivity index is 1.53. The van der Waals surface area contributed by atoms with Gasteiger partial charge >= 0.3 is 6.18 Å². The number of hydrogen-bond donors (Lipinski definition) is 0. The molecule has 0 unspecified atom stereocenters. The second-order valence-electron chi connectivity index (χ2n) is 8.53. The SMILES string of the molecule is CC(C)[C@H]1CO[C@]23CCN(Cc4ccc(C(F)(F)F)cc4)C(=O)[C@H]2CCC(=O)N13. The number of ether oxygens (including phenoxy) is 1. The van der Waals surface area contributed by atoms with Crippen LogP contribution in [0, 0.1) is 11.8 Å². The first-order valence-corrected chi connectivity index (χ1v) is 10.0. The van der Waals surface area contributed by atoms with Gasteiger partial charge < -0.3 is 14.5 Å². The zero-order valence-electron chi connectivity index (χ0n) is 16.5. The number of carbonyl (C=O) groups is 2. The molecule has 0 aromatic heterocycles. The number of carbonyl (C=O) groups excluding carboxylic acids is 2. The molecule has 5 nitrogen and oxygen atoms in total. The molecule has 1 spiro atoms. The van der Waals surface area contributed by atoms with E-state index >= 15 is 0 Å². The first kappa shape index (κ1) is 20.2. The van der Waals surface area contributed by atoms with Crippen molar-refractivity contribution in [3.8, 4) is 0 Å². The number of hydrogen-bond acceptors (Lipinski definition) is 3. The van der Waals surface area contributed by atoms with Gasteiger partial charge in [-0.2, -0.15) is 13.2 Å². The van der Waals surface area contributed by atoms with Gasteiger partial charge in [0.1, 0.15) is 0 Å². The Morgan fingerprint density at radius 2 is 1.90 bits per heavy atom. The first-order chi connectivity index (χ1) is 13.6. The van der Waals surface area contributed by atoms with E-state index in [1.165, 1.54) is 12.1 Å². The zero-order valence-corrected chi connectivity index (χ0v) is 16.5. The molecular weight excluding hydrogens is 385 g/mol. The molecule has 3 heterocycles. The van der Waals surface area contributed by atoms with Crippen molar-refractivity contribution >= 4 is 11.8 Å². The molecule has 8 heteroatoms. The molecular formula is C21H25F3N2O3. The Morgan fingerprint density at radius 3 is 2.52 bits per heavy atom. The van der Waals surface area contributed by atoms with E-state index in [0.29, 0.717) is 38.0 Å². The number of halogens is 3. The second kappa shape index (κ2) is 7.00. The van der Waals surface area contributed by atoms with Crippen molar-refractivity contribution in [3.63, 3.8) is 0 Å². The smallest absolute Gasteiger partial charge is 0.352 e. The molecule has 29 heavy (non-hydrogen) atoms. The second-order valence-corrected chi connectivity index (χ2v) is 8.53. The Bertz CT molecular complexity index is 808. The van der Waals surface area contributed by atoms with Crippen LogP contribution in [0.25, 0.3) is 0 Å². The van der Waals surface area contributed by atoms with E-state index in [1.807, 2.05) is 18.7 Å². The van der Waals surface area contributed by atoms with Crippen molar-refractivity contribution in [1.82, 2.24) is 9.80 Å². The molecule has 1 aromatic carbocycles. The van der Waals surface area contributed by atoms with Gasteiger partial charge in [0.15, 0.2) is 5.72 Å². The topological polar surface area (TPSA) is 49.9 Å². The van der Waals surface area contributed by atoms with Crippen LogP contribution in [0.4, 0.5) is 13.2 Å². The van der Waals surface area contributed by atoms with E-state index < -0.39 is 23.4 Å². The van der Waals surface area contributed by atoms with Gasteiger partial charge in [-0.25, -0.2) is 0 Å². The quantitative estimate of drug-likeness (QED) is 0.767. The summed E-state index contributed by atoms with van der Waals surface area (Å²) in [6.07, 6.45) is -3.09. The highest BCUT2D eigenvalue weighted by Gasteiger charge is 2.61. The third-order valence-electron chi connectivity index (χ3n) is 6.48. The van der Waals surface area contributed by atoms with E-state index in [4.69, 9.17) is 4.74 Å². The van der Waals surface area contributed by atoms with Gasteiger partial charge in [-0.15, -0.1) is 0 Å². The molecule has 0 bridgehead atoms. The molecule has 2 amide bonds. The molecule has 3 aliphatic heterocycles. The summed E-state index contributed by atoms with van der Waals surface area (Å²) in [6, 6.07) is 4.88. The monoisotopic (exact) mass is 410 g/mol. The molecule has 3 atom stereocenters. The highest BCUT2D eigenvalue weighted by molar-refractivity contribution is 5.86. The van der Waals surface area contributed by atoms with Crippen LogP contribution in [-0.4, -0.2) is 46.5 Å². The summed E-state index contributed by atoms with van der Waals surface area (Å²) in [5.74, 6) is -0.232. The average Bonchev–Trinajstić information content (AvgIpc) is 3.05. The lowest BCUT2D eigenvalue weighted by molar-refractivity contribution is -0.198. The average molecular weight is 410 g/mol. The maximum absolute atomic E-state index is 13.2. The van der Waals surface area contributed by atoms with Crippen molar-refractivity contribution in [2.45, 2.75) is 57.6 Å². The van der Waals surface area contributed by atoms with E-state index in [2.05, 4.69) is 0 Å². The van der Waals surface area contributed by atoms with Crippen LogP contribution >= 0.6 is 0 Å². The van der Waals surface area contributed by atoms with Gasteiger partial charge in [0.25, 0.3) is 0 Å². The Kier molecular flexibility index (Phi) is 4.88. The fraction of sp³-hybridized carbons (Fsp3) is 0.619. The number of likely N-dealkylation sites (tertiary alicyclic amines) is 1. The Hall–Kier alpha value is -2.09. The lowest BCUT2D eigenvalue weighted by Gasteiger charge is -2.52. The number of rotatable bonds is 3. The molecule has 4 rings (SSSR count). The van der Waals surface area contributed by atoms with Crippen molar-refractivity contribution in [3.05, 3.63) is 35.4 Å². The molecule has 3 fully saturated rings. The summed E-state index contributed by atoms with van der Waals surface area (Å²) in [4.78, 5) is 29.4. The number of benzene rings is 1. The van der Waals surface area contributed by atoms with Crippen LogP contribution in [0.3, 0.4) is 0 Å². The minimum Gasteiger partial charge on any atom is -0.352 e. The normalized spacial score (nSPS) is 30.0. The van der Waals surface area contributed by atoms with Crippen LogP contribution in [0.15, 0.2) is 24.3 Å². The molecule has 0 radical (unpaired) electrons. The lowest BCUT2D eigenvalue weighted by Crippen LogP contribution is -2.66. The summed E-state index contributed by atoms with van der Waals surface area (Å²) in [5, 5.41) is 0. The van der Waals surface area contributed by atoms with E-state index in [9.17, 15) is 22.8 Å². The van der Waals surface area contributed by atoms with Gasteiger partial charge in [0.2, 0.25) is 11.8 Å². The Morgan fingerprint density at radius 1 is 1.21 bits per heavy atom. The van der Waals surface area contributed by atoms with Crippen molar-refractivity contribution in [1.29, 1.82) is 0 Å². The highest BCUT2D eigenvalue weighted by Crippen LogP contribution is 2.48. The van der Waals surface area contributed by atoms with Crippen molar-refractivity contribution in [2.24, 2.45) is 11.8 Å². The van der Waals surface area contributed by atoms with Crippen LogP contribution < -0.4 is 0 Å². The molecule has 0 aliphatic carbocycles. The zero-order chi connectivity index (χ0) is 21.0. The lowest BCUT2D eigenvalue weighted by atomic mass is 9.78. The summed E-state index contributed by atoms with van der Waals surface area (Å²) < 4.78 is 44.4. The fourth-order valence-corrected chi connectivity index (χ4v) is 4.91. The van der Waals surface area contributed by atoms with Gasteiger partial charge in [-0.1, -0.05) is 26.0 Å². The predicted octanol–water partition coefficient (Wildman–Crippen LogP) is 3.43. The summed E-state index contributed by atoms with van der Waals surface area (Å²) in [7, 11) is 0. The minimum absolute atomic E-state index is 0.0282. The van der Waals surface area contributed by atoms with E-state index in [0.717, 1.165) is 12.1 Å². The molecule has 0 N–H and O–H groups in total. The number of alkyl halides is 3. The third-order valence-corrected chi connectivity index (χ3v) is 6.48. The largest absolute Gasteiger partial charge is 0.416 e. The number of amides is 2. The maximum atomic E-state index is 13.2. The standard InChI is InChI=1S/C21H25F3N2O3/c1-13(2)17-12-29-20-9-10-25(19(28)16(20)7-8-18(27)26(17)20)11-14-3-5-15(6-4-14)21(22,23)24/h3-6,13,16-17H,7-12H2,1-2H3/t16-,17-,20-/m1/s1. The molecule has 3 aliphatic rings. The van der Waals surface area contributed by atoms with Crippen molar-refractivity contribution in [2.75, 3.05) is 13.2 Å². The predicted molar refractivity (Wildman–Crippen MR) is 98.4 cm³/mol. The van der Waals surface area contributed by atoms with Gasteiger partial charge in [-0.05, 0) is 30.0 Å². The maximum Gasteiger partial charge on any atom is 0.416 e.